The van der Waals surface area contributed by atoms with Gasteiger partial charge in [-0.3, -0.25) is 4.57 Å². The Bertz CT molecular complexity index is 496. The molecule has 0 aliphatic carbocycles. The average Bonchev–Trinajstić information content (AvgIpc) is 2.83. The molecule has 0 aliphatic heterocycles. The van der Waals surface area contributed by atoms with Gasteiger partial charge in [-0.15, -0.1) is 0 Å². The highest BCUT2D eigenvalue weighted by Crippen LogP contribution is 2.31. The second kappa shape index (κ2) is 23.2. The van der Waals surface area contributed by atoms with E-state index in [0.29, 0.717) is 6.42 Å². The van der Waals surface area contributed by atoms with Crippen molar-refractivity contribution in [1.29, 1.82) is 0 Å². The number of thioether (sulfide) groups is 1. The third-order valence-electron chi connectivity index (χ3n) is 5.90. The van der Waals surface area contributed by atoms with Crippen LogP contribution < -0.4 is 0 Å². The van der Waals surface area contributed by atoms with Gasteiger partial charge in [0.05, 0.1) is 6.61 Å². The smallest absolute Gasteiger partial charge is 0.380 e. The van der Waals surface area contributed by atoms with Gasteiger partial charge in [0.2, 0.25) is 8.46 Å². The highest BCUT2D eigenvalue weighted by molar-refractivity contribution is 7.99. The fourth-order valence-electron chi connectivity index (χ4n) is 3.70. The zero-order chi connectivity index (χ0) is 25.5. The molecule has 1 N–H and O–H groups in total. The van der Waals surface area contributed by atoms with Crippen LogP contribution in [0.5, 0.6) is 0 Å². The molecule has 202 valence electrons. The molecule has 0 saturated carbocycles. The lowest BCUT2D eigenvalue weighted by Crippen LogP contribution is -2.41. The van der Waals surface area contributed by atoms with Crippen molar-refractivity contribution in [3.8, 4) is 0 Å². The molecular formula is C26H51O6PS. The first-order chi connectivity index (χ1) is 16.5. The SMILES string of the molecule is CCCCCCCCCCCSC(CCCCCCC)C(C)OOC(OCCC)(P=O)C(=O)O. The molecule has 0 amide bonds. The Hall–Kier alpha value is -0.200. The molecule has 0 radical (unpaired) electrons. The summed E-state index contributed by atoms with van der Waals surface area (Å²) < 4.78 is 16.8. The Kier molecular flexibility index (Phi) is 23.1. The number of hydrogen-bond donors (Lipinski definition) is 1. The van der Waals surface area contributed by atoms with Crippen LogP contribution in [0.4, 0.5) is 0 Å². The predicted octanol–water partition coefficient (Wildman–Crippen LogP) is 8.77. The number of unbranched alkanes of at least 4 members (excludes halogenated alkanes) is 12. The maximum atomic E-state index is 11.6. The van der Waals surface area contributed by atoms with Crippen LogP contribution in [0.2, 0.25) is 0 Å². The number of hydrogen-bond acceptors (Lipinski definition) is 6. The summed E-state index contributed by atoms with van der Waals surface area (Å²) >= 11 is 1.88. The molecule has 3 atom stereocenters. The first-order valence-electron chi connectivity index (χ1n) is 13.6. The van der Waals surface area contributed by atoms with Crippen LogP contribution in [0.15, 0.2) is 0 Å². The van der Waals surface area contributed by atoms with E-state index in [1.54, 1.807) is 0 Å². The van der Waals surface area contributed by atoms with Crippen molar-refractivity contribution in [3.63, 3.8) is 0 Å². The van der Waals surface area contributed by atoms with Gasteiger partial charge in [0, 0.05) is 5.25 Å². The molecule has 0 heterocycles. The highest BCUT2D eigenvalue weighted by atomic mass is 32.2. The summed E-state index contributed by atoms with van der Waals surface area (Å²) in [5, 5.41) is 9.68. The third kappa shape index (κ3) is 16.5. The van der Waals surface area contributed by atoms with Crippen LogP contribution in [0.25, 0.3) is 0 Å². The molecule has 0 aromatic heterocycles. The van der Waals surface area contributed by atoms with Gasteiger partial charge in [-0.05, 0) is 31.9 Å². The molecule has 0 rings (SSSR count). The molecular weight excluding hydrogens is 471 g/mol. The number of ether oxygens (including phenoxy) is 1. The largest absolute Gasteiger partial charge is 0.477 e. The van der Waals surface area contributed by atoms with Gasteiger partial charge < -0.3 is 9.84 Å². The topological polar surface area (TPSA) is 82.1 Å². The number of carboxylic acids is 1. The summed E-state index contributed by atoms with van der Waals surface area (Å²) in [6.45, 7) is 8.32. The third-order valence-corrected chi connectivity index (χ3v) is 8.11. The number of carbonyl (C=O) groups is 1. The van der Waals surface area contributed by atoms with Crippen LogP contribution >= 0.6 is 20.2 Å². The van der Waals surface area contributed by atoms with E-state index in [9.17, 15) is 14.5 Å². The molecule has 8 heteroatoms. The zero-order valence-electron chi connectivity index (χ0n) is 22.2. The molecule has 0 bridgehead atoms. The molecule has 0 aliphatic rings. The molecule has 0 spiro atoms. The van der Waals surface area contributed by atoms with Crippen molar-refractivity contribution in [3.05, 3.63) is 0 Å². The van der Waals surface area contributed by atoms with Gasteiger partial charge in [-0.1, -0.05) is 104 Å². The van der Waals surface area contributed by atoms with E-state index in [1.165, 1.54) is 83.5 Å². The Morgan fingerprint density at radius 2 is 1.38 bits per heavy atom. The summed E-state index contributed by atoms with van der Waals surface area (Å²) in [7, 11) is -0.784. The van der Waals surface area contributed by atoms with Gasteiger partial charge in [0.25, 0.3) is 0 Å². The summed E-state index contributed by atoms with van der Waals surface area (Å²) in [5.41, 5.74) is -2.31. The average molecular weight is 523 g/mol. The predicted molar refractivity (Wildman–Crippen MR) is 143 cm³/mol. The van der Waals surface area contributed by atoms with Crippen molar-refractivity contribution in [2.45, 2.75) is 147 Å². The lowest BCUT2D eigenvalue weighted by Gasteiger charge is -2.27. The lowest BCUT2D eigenvalue weighted by atomic mass is 10.1. The van der Waals surface area contributed by atoms with Gasteiger partial charge in [0.15, 0.2) is 0 Å². The summed E-state index contributed by atoms with van der Waals surface area (Å²) in [6.07, 6.45) is 19.0. The summed E-state index contributed by atoms with van der Waals surface area (Å²) in [4.78, 5) is 22.3. The van der Waals surface area contributed by atoms with Crippen LogP contribution in [0.1, 0.15) is 130 Å². The zero-order valence-corrected chi connectivity index (χ0v) is 23.9. The maximum absolute atomic E-state index is 11.6. The fraction of sp³-hybridized carbons (Fsp3) is 0.962. The highest BCUT2D eigenvalue weighted by Gasteiger charge is 2.45. The first kappa shape index (κ1) is 33.8. The number of carboxylic acid groups (broad SMARTS) is 1. The fourth-order valence-corrected chi connectivity index (χ4v) is 5.31. The normalized spacial score (nSPS) is 15.3. The van der Waals surface area contributed by atoms with Gasteiger partial charge in [-0.25, -0.2) is 9.68 Å². The molecule has 6 nitrogen and oxygen atoms in total. The van der Waals surface area contributed by atoms with E-state index >= 15 is 0 Å². The van der Waals surface area contributed by atoms with E-state index in [4.69, 9.17) is 14.5 Å². The van der Waals surface area contributed by atoms with Crippen molar-refractivity contribution in [1.82, 2.24) is 0 Å². The molecule has 3 unspecified atom stereocenters. The van der Waals surface area contributed by atoms with E-state index in [-0.39, 0.29) is 18.0 Å². The van der Waals surface area contributed by atoms with Crippen LogP contribution in [0.3, 0.4) is 0 Å². The van der Waals surface area contributed by atoms with E-state index in [0.717, 1.165) is 18.6 Å². The molecule has 0 saturated heterocycles. The molecule has 0 aromatic carbocycles. The maximum Gasteiger partial charge on any atom is 0.380 e. The van der Waals surface area contributed by atoms with E-state index in [1.807, 2.05) is 25.6 Å². The Morgan fingerprint density at radius 3 is 1.88 bits per heavy atom. The number of aliphatic carboxylic acids is 1. The van der Waals surface area contributed by atoms with Crippen LogP contribution in [-0.4, -0.2) is 40.3 Å². The number of rotatable bonds is 26. The minimum absolute atomic E-state index is 0.119. The van der Waals surface area contributed by atoms with Crippen molar-refractivity contribution in [2.24, 2.45) is 0 Å². The van der Waals surface area contributed by atoms with Crippen molar-refractivity contribution >= 4 is 26.2 Å². The molecule has 0 aromatic rings. The Labute approximate surface area is 214 Å². The molecule has 0 fully saturated rings. The second-order valence-electron chi connectivity index (χ2n) is 9.15. The van der Waals surface area contributed by atoms with E-state index < -0.39 is 20.0 Å². The van der Waals surface area contributed by atoms with Crippen molar-refractivity contribution < 1.29 is 29.0 Å². The minimum Gasteiger partial charge on any atom is -0.477 e. The summed E-state index contributed by atoms with van der Waals surface area (Å²) in [5.74, 6) is -0.400. The first-order valence-corrected chi connectivity index (χ1v) is 15.5. The summed E-state index contributed by atoms with van der Waals surface area (Å²) in [6, 6.07) is 0. The van der Waals surface area contributed by atoms with Gasteiger partial charge in [-0.2, -0.15) is 16.6 Å². The van der Waals surface area contributed by atoms with E-state index in [2.05, 4.69) is 13.8 Å². The monoisotopic (exact) mass is 522 g/mol. The van der Waals surface area contributed by atoms with Gasteiger partial charge in [0.1, 0.15) is 6.10 Å². The Balaban J connectivity index is 4.57. The van der Waals surface area contributed by atoms with Gasteiger partial charge >= 0.3 is 11.5 Å². The van der Waals surface area contributed by atoms with Crippen LogP contribution in [-0.2, 0) is 23.9 Å². The van der Waals surface area contributed by atoms with Crippen LogP contribution in [0, 0.1) is 0 Å². The standard InChI is InChI=1S/C26H51O6PS/c1-5-8-10-12-13-14-15-17-19-22-34-24(20-18-16-11-9-6-2)23(4)31-32-26(33-29,25(27)28)30-21-7-3/h23-24H,5-22H2,1-4H3,(H,27,28). The Morgan fingerprint density at radius 1 is 0.853 bits per heavy atom. The minimum atomic E-state index is -2.31. The molecule has 34 heavy (non-hydrogen) atoms. The second-order valence-corrected chi connectivity index (χ2v) is 11.3. The van der Waals surface area contributed by atoms with Crippen molar-refractivity contribution in [2.75, 3.05) is 12.4 Å². The lowest BCUT2D eigenvalue weighted by molar-refractivity contribution is -0.402. The quantitative estimate of drug-likeness (QED) is 0.0399.